The molecule has 1 heterocycles. The molecule has 0 aliphatic rings. The van der Waals surface area contributed by atoms with E-state index in [0.717, 1.165) is 23.5 Å². The fourth-order valence-electron chi connectivity index (χ4n) is 2.50. The van der Waals surface area contributed by atoms with Crippen LogP contribution in [-0.2, 0) is 19.6 Å². The normalized spacial score (nSPS) is 10.9. The van der Waals surface area contributed by atoms with E-state index in [1.54, 1.807) is 11.4 Å². The number of esters is 1. The van der Waals surface area contributed by atoms with Crippen LogP contribution in [0.25, 0.3) is 0 Å². The topological polar surface area (TPSA) is 165 Å². The minimum absolute atomic E-state index is 0.0261. The SMILES string of the molecule is O=C(COC(=O)c1ccc(NS(=O)(=O)c2cccs2)cc1O)Nc1ccc([N+](=O)[O-])cc1Br. The van der Waals surface area contributed by atoms with Gasteiger partial charge in [0.15, 0.2) is 6.61 Å². The highest BCUT2D eigenvalue weighted by Crippen LogP contribution is 2.28. The van der Waals surface area contributed by atoms with Crippen molar-refractivity contribution in [2.45, 2.75) is 4.21 Å². The van der Waals surface area contributed by atoms with Crippen molar-refractivity contribution in [2.75, 3.05) is 16.6 Å². The van der Waals surface area contributed by atoms with Crippen molar-refractivity contribution in [3.8, 4) is 5.75 Å². The van der Waals surface area contributed by atoms with Crippen LogP contribution >= 0.6 is 27.3 Å². The molecular weight excluding hydrogens is 542 g/mol. The number of phenolic OH excluding ortho intramolecular Hbond substituents is 1. The number of halogens is 1. The molecule has 0 fully saturated rings. The van der Waals surface area contributed by atoms with Crippen LogP contribution in [0, 0.1) is 10.1 Å². The van der Waals surface area contributed by atoms with Crippen LogP contribution in [0.3, 0.4) is 0 Å². The van der Waals surface area contributed by atoms with E-state index >= 15 is 0 Å². The van der Waals surface area contributed by atoms with Crippen molar-refractivity contribution in [1.29, 1.82) is 0 Å². The number of hydrogen-bond donors (Lipinski definition) is 3. The number of ether oxygens (including phenoxy) is 1. The second-order valence-corrected chi connectivity index (χ2v) is 10.0. The Labute approximate surface area is 199 Å². The molecule has 0 unspecified atom stereocenters. The number of aromatic hydroxyl groups is 1. The van der Waals surface area contributed by atoms with Gasteiger partial charge in [-0.15, -0.1) is 11.3 Å². The maximum absolute atomic E-state index is 12.2. The van der Waals surface area contributed by atoms with Gasteiger partial charge in [0, 0.05) is 22.7 Å². The molecule has 0 aliphatic carbocycles. The number of hydrogen-bond acceptors (Lipinski definition) is 9. The highest BCUT2D eigenvalue weighted by molar-refractivity contribution is 9.10. The number of thiophene rings is 1. The van der Waals surface area contributed by atoms with Gasteiger partial charge in [0.2, 0.25) is 0 Å². The highest BCUT2D eigenvalue weighted by atomic mass is 79.9. The lowest BCUT2D eigenvalue weighted by Gasteiger charge is -2.10. The van der Waals surface area contributed by atoms with E-state index in [1.165, 1.54) is 30.3 Å². The predicted octanol–water partition coefficient (Wildman–Crippen LogP) is 3.72. The summed E-state index contributed by atoms with van der Waals surface area (Å²) >= 11 is 4.12. The molecule has 0 saturated carbocycles. The van der Waals surface area contributed by atoms with Gasteiger partial charge in [0.1, 0.15) is 15.5 Å². The Morgan fingerprint density at radius 1 is 1.18 bits per heavy atom. The highest BCUT2D eigenvalue weighted by Gasteiger charge is 2.19. The molecule has 0 radical (unpaired) electrons. The van der Waals surface area contributed by atoms with E-state index in [9.17, 15) is 33.2 Å². The third-order valence-corrected chi connectivity index (χ3v) is 7.44. The minimum atomic E-state index is -3.84. The van der Waals surface area contributed by atoms with E-state index < -0.39 is 39.2 Å². The zero-order chi connectivity index (χ0) is 24.2. The van der Waals surface area contributed by atoms with Crippen LogP contribution in [0.4, 0.5) is 17.1 Å². The fourth-order valence-corrected chi connectivity index (χ4v) is 5.01. The van der Waals surface area contributed by atoms with Gasteiger partial charge in [0.05, 0.1) is 16.3 Å². The Kier molecular flexibility index (Phi) is 7.30. The van der Waals surface area contributed by atoms with Crippen LogP contribution in [-0.4, -0.2) is 36.9 Å². The quantitative estimate of drug-likeness (QED) is 0.215. The Bertz CT molecular complexity index is 1330. The summed E-state index contributed by atoms with van der Waals surface area (Å²) in [6, 6.07) is 10.1. The average molecular weight is 556 g/mol. The Morgan fingerprint density at radius 3 is 2.55 bits per heavy atom. The molecule has 3 rings (SSSR count). The van der Waals surface area contributed by atoms with Gasteiger partial charge in [-0.05, 0) is 45.6 Å². The van der Waals surface area contributed by atoms with Gasteiger partial charge in [-0.3, -0.25) is 19.6 Å². The molecule has 11 nitrogen and oxygen atoms in total. The number of benzene rings is 2. The van der Waals surface area contributed by atoms with Gasteiger partial charge < -0.3 is 15.2 Å². The lowest BCUT2D eigenvalue weighted by molar-refractivity contribution is -0.384. The smallest absolute Gasteiger partial charge is 0.342 e. The van der Waals surface area contributed by atoms with Crippen molar-refractivity contribution in [2.24, 2.45) is 0 Å². The van der Waals surface area contributed by atoms with E-state index in [4.69, 9.17) is 4.74 Å². The number of nitrogens with one attached hydrogen (secondary N) is 2. The van der Waals surface area contributed by atoms with Crippen LogP contribution < -0.4 is 10.0 Å². The van der Waals surface area contributed by atoms with E-state index in [0.29, 0.717) is 0 Å². The molecule has 0 spiro atoms. The number of phenols is 1. The van der Waals surface area contributed by atoms with Crippen molar-refractivity contribution in [3.05, 3.63) is 74.1 Å². The zero-order valence-corrected chi connectivity index (χ0v) is 19.6. The lowest BCUT2D eigenvalue weighted by Crippen LogP contribution is -2.21. The minimum Gasteiger partial charge on any atom is -0.507 e. The fraction of sp³-hybridized carbons (Fsp3) is 0.0526. The molecule has 172 valence electrons. The number of non-ortho nitro benzene ring substituents is 1. The van der Waals surface area contributed by atoms with Crippen molar-refractivity contribution >= 4 is 66.2 Å². The average Bonchev–Trinajstić information content (AvgIpc) is 3.29. The molecule has 2 aromatic carbocycles. The Balaban J connectivity index is 1.60. The van der Waals surface area contributed by atoms with Crippen LogP contribution in [0.2, 0.25) is 0 Å². The largest absolute Gasteiger partial charge is 0.507 e. The maximum atomic E-state index is 12.2. The first-order chi connectivity index (χ1) is 15.6. The molecule has 3 N–H and O–H groups in total. The van der Waals surface area contributed by atoms with Crippen LogP contribution in [0.15, 0.2) is 62.6 Å². The Hall–Kier alpha value is -3.49. The standard InChI is InChI=1S/C19H14BrN3O8S2/c20-14-9-12(23(27)28)4-6-15(14)21-17(25)10-31-19(26)13-5-3-11(8-16(13)24)22-33(29,30)18-2-1-7-32-18/h1-9,22,24H,10H2,(H,21,25). The summed E-state index contributed by atoms with van der Waals surface area (Å²) in [5.74, 6) is -2.29. The van der Waals surface area contributed by atoms with Crippen molar-refractivity contribution in [3.63, 3.8) is 0 Å². The number of sulfonamides is 1. The number of amides is 1. The molecule has 0 atom stereocenters. The van der Waals surface area contributed by atoms with Gasteiger partial charge in [-0.25, -0.2) is 13.2 Å². The Morgan fingerprint density at radius 2 is 1.94 bits per heavy atom. The van der Waals surface area contributed by atoms with Crippen molar-refractivity contribution < 1.29 is 32.8 Å². The van der Waals surface area contributed by atoms with Crippen LogP contribution in [0.5, 0.6) is 5.75 Å². The molecule has 0 bridgehead atoms. The first kappa shape index (κ1) is 24.2. The molecule has 1 aromatic heterocycles. The summed E-state index contributed by atoms with van der Waals surface area (Å²) in [5.41, 5.74) is -0.202. The maximum Gasteiger partial charge on any atom is 0.342 e. The monoisotopic (exact) mass is 555 g/mol. The third-order valence-electron chi connectivity index (χ3n) is 4.00. The van der Waals surface area contributed by atoms with Gasteiger partial charge in [-0.2, -0.15) is 0 Å². The molecule has 1 amide bonds. The first-order valence-electron chi connectivity index (χ1n) is 8.87. The van der Waals surface area contributed by atoms with Crippen LogP contribution in [0.1, 0.15) is 10.4 Å². The number of nitro benzene ring substituents is 1. The molecule has 3 aromatic rings. The molecule has 0 aliphatic heterocycles. The summed E-state index contributed by atoms with van der Waals surface area (Å²) < 4.78 is 32.0. The number of rotatable bonds is 8. The number of carbonyl (C=O) groups is 2. The summed E-state index contributed by atoms with van der Waals surface area (Å²) in [6.45, 7) is -0.700. The molecular formula is C19H14BrN3O8S2. The summed E-state index contributed by atoms with van der Waals surface area (Å²) in [4.78, 5) is 34.4. The number of anilines is 2. The summed E-state index contributed by atoms with van der Waals surface area (Å²) in [5, 5.41) is 24.9. The number of nitrogens with zero attached hydrogens (tertiary/aromatic N) is 1. The second kappa shape index (κ2) is 9.97. The zero-order valence-electron chi connectivity index (χ0n) is 16.3. The summed E-state index contributed by atoms with van der Waals surface area (Å²) in [7, 11) is -3.84. The molecule has 33 heavy (non-hydrogen) atoms. The molecule has 14 heteroatoms. The van der Waals surface area contributed by atoms with E-state index in [2.05, 4.69) is 26.0 Å². The van der Waals surface area contributed by atoms with E-state index in [-0.39, 0.29) is 31.3 Å². The second-order valence-electron chi connectivity index (χ2n) is 6.32. The van der Waals surface area contributed by atoms with Gasteiger partial charge >= 0.3 is 5.97 Å². The van der Waals surface area contributed by atoms with Crippen molar-refractivity contribution in [1.82, 2.24) is 0 Å². The van der Waals surface area contributed by atoms with E-state index in [1.807, 2.05) is 0 Å². The predicted molar refractivity (Wildman–Crippen MR) is 123 cm³/mol. The number of carbonyl (C=O) groups excluding carboxylic acids is 2. The third kappa shape index (κ3) is 6.06. The van der Waals surface area contributed by atoms with Gasteiger partial charge in [0.25, 0.3) is 21.6 Å². The first-order valence-corrected chi connectivity index (χ1v) is 12.0. The lowest BCUT2D eigenvalue weighted by atomic mass is 10.2. The summed E-state index contributed by atoms with van der Waals surface area (Å²) in [6.07, 6.45) is 0. The molecule has 0 saturated heterocycles. The number of nitro groups is 1. The van der Waals surface area contributed by atoms with Gasteiger partial charge in [-0.1, -0.05) is 6.07 Å².